The average Bonchev–Trinajstić information content (AvgIpc) is 2.61. The maximum atomic E-state index is 10.6. The molecule has 1 heterocycles. The highest BCUT2D eigenvalue weighted by Crippen LogP contribution is 2.20. The van der Waals surface area contributed by atoms with Gasteiger partial charge in [-0.2, -0.15) is 0 Å². The highest BCUT2D eigenvalue weighted by Gasteiger charge is 2.18. The molecule has 1 rings (SSSR count). The van der Waals surface area contributed by atoms with Gasteiger partial charge in [-0.05, 0) is 6.07 Å². The molecule has 0 aliphatic rings. The third-order valence-corrected chi connectivity index (χ3v) is 1.89. The Morgan fingerprint density at radius 1 is 1.38 bits per heavy atom. The maximum Gasteiger partial charge on any atom is 0.433 e. The van der Waals surface area contributed by atoms with E-state index in [1.54, 1.807) is 13.8 Å². The van der Waals surface area contributed by atoms with Crippen LogP contribution in [0.1, 0.15) is 19.6 Å². The van der Waals surface area contributed by atoms with Crippen LogP contribution in [-0.2, 0) is 0 Å². The quantitative estimate of drug-likeness (QED) is 0.579. The summed E-state index contributed by atoms with van der Waals surface area (Å²) in [5.41, 5.74) is -0.0516. The van der Waals surface area contributed by atoms with E-state index in [-0.39, 0.29) is 17.4 Å². The van der Waals surface area contributed by atoms with Gasteiger partial charge in [0.1, 0.15) is 10.7 Å². The lowest BCUT2D eigenvalue weighted by Crippen LogP contribution is -2.05. The van der Waals surface area contributed by atoms with E-state index in [0.717, 1.165) is 6.07 Å². The Hall–Kier alpha value is -2.18. The number of hydrogen-bond donors (Lipinski definition) is 0. The van der Waals surface area contributed by atoms with Crippen molar-refractivity contribution in [3.63, 3.8) is 0 Å². The molecule has 0 N–H and O–H groups in total. The highest BCUT2D eigenvalue weighted by molar-refractivity contribution is 5.47. The lowest BCUT2D eigenvalue weighted by Gasteiger charge is -1.99. The summed E-state index contributed by atoms with van der Waals surface area (Å²) in [6, 6.07) is 2.48. The van der Waals surface area contributed by atoms with Crippen molar-refractivity contribution in [3.05, 3.63) is 43.8 Å². The predicted octanol–water partition coefficient (Wildman–Crippen LogP) is 2.46. The topological polar surface area (TPSA) is 99.4 Å². The van der Waals surface area contributed by atoms with E-state index in [0.29, 0.717) is 0 Å². The molecule has 0 aliphatic heterocycles. The van der Waals surface area contributed by atoms with Gasteiger partial charge in [0.25, 0.3) is 5.70 Å². The zero-order valence-corrected chi connectivity index (χ0v) is 8.75. The Bertz CT molecular complexity index is 447. The summed E-state index contributed by atoms with van der Waals surface area (Å²) >= 11 is 0. The molecule has 0 spiro atoms. The summed E-state index contributed by atoms with van der Waals surface area (Å²) in [5, 5.41) is 21.0. The number of nitro groups is 2. The maximum absolute atomic E-state index is 10.6. The molecular weight excluding hydrogens is 216 g/mol. The molecule has 0 aromatic carbocycles. The number of hydrogen-bond acceptors (Lipinski definition) is 5. The summed E-state index contributed by atoms with van der Waals surface area (Å²) in [6.07, 6.45) is 1.19. The second-order valence-electron chi connectivity index (χ2n) is 3.41. The molecule has 0 atom stereocenters. The molecule has 0 saturated heterocycles. The smallest absolute Gasteiger partial charge is 0.401 e. The fraction of sp³-hybridized carbons (Fsp3) is 0.333. The Balaban J connectivity index is 3.04. The van der Waals surface area contributed by atoms with Crippen molar-refractivity contribution in [2.24, 2.45) is 5.92 Å². The van der Waals surface area contributed by atoms with E-state index in [2.05, 4.69) is 0 Å². The summed E-state index contributed by atoms with van der Waals surface area (Å²) in [6.45, 7) is 3.32. The Labute approximate surface area is 90.7 Å². The van der Waals surface area contributed by atoms with Crippen LogP contribution in [0.5, 0.6) is 0 Å². The summed E-state index contributed by atoms with van der Waals surface area (Å²) < 4.78 is 4.80. The van der Waals surface area contributed by atoms with Gasteiger partial charge >= 0.3 is 5.88 Å². The van der Waals surface area contributed by atoms with E-state index in [4.69, 9.17) is 4.42 Å². The normalized spacial score (nSPS) is 11.8. The second kappa shape index (κ2) is 4.56. The molecule has 0 radical (unpaired) electrons. The van der Waals surface area contributed by atoms with Crippen LogP contribution in [0.25, 0.3) is 6.08 Å². The van der Waals surface area contributed by atoms with E-state index in [9.17, 15) is 20.2 Å². The summed E-state index contributed by atoms with van der Waals surface area (Å²) in [4.78, 5) is 19.7. The monoisotopic (exact) mass is 226 g/mol. The van der Waals surface area contributed by atoms with Gasteiger partial charge in [-0.1, -0.05) is 13.8 Å². The molecule has 0 bridgehead atoms. The molecule has 7 nitrogen and oxygen atoms in total. The van der Waals surface area contributed by atoms with E-state index in [1.807, 2.05) is 0 Å². The van der Waals surface area contributed by atoms with Gasteiger partial charge in [-0.15, -0.1) is 0 Å². The fourth-order valence-electron chi connectivity index (χ4n) is 1.09. The molecule has 7 heteroatoms. The van der Waals surface area contributed by atoms with Gasteiger partial charge in [0, 0.05) is 5.92 Å². The van der Waals surface area contributed by atoms with Gasteiger partial charge in [-0.3, -0.25) is 20.2 Å². The predicted molar refractivity (Wildman–Crippen MR) is 55.2 cm³/mol. The molecule has 0 amide bonds. The molecule has 1 aromatic heterocycles. The minimum atomic E-state index is -0.696. The minimum Gasteiger partial charge on any atom is -0.401 e. The van der Waals surface area contributed by atoms with Crippen LogP contribution in [0.3, 0.4) is 0 Å². The first kappa shape index (κ1) is 11.9. The Morgan fingerprint density at radius 2 is 2.00 bits per heavy atom. The van der Waals surface area contributed by atoms with Crippen molar-refractivity contribution in [1.29, 1.82) is 0 Å². The molecular formula is C9H10N2O5. The second-order valence-corrected chi connectivity index (χ2v) is 3.41. The first-order valence-corrected chi connectivity index (χ1v) is 4.52. The minimum absolute atomic E-state index is 0.0516. The lowest BCUT2D eigenvalue weighted by molar-refractivity contribution is -0.431. The molecule has 0 saturated carbocycles. The summed E-state index contributed by atoms with van der Waals surface area (Å²) in [7, 11) is 0. The highest BCUT2D eigenvalue weighted by atomic mass is 16.6. The number of nitrogens with zero attached hydrogens (tertiary/aromatic N) is 2. The van der Waals surface area contributed by atoms with Crippen molar-refractivity contribution in [2.45, 2.75) is 13.8 Å². The zero-order chi connectivity index (χ0) is 12.3. The third kappa shape index (κ3) is 2.66. The van der Waals surface area contributed by atoms with Gasteiger partial charge in [0.15, 0.2) is 0 Å². The van der Waals surface area contributed by atoms with Crippen molar-refractivity contribution in [3.8, 4) is 0 Å². The molecule has 0 aliphatic carbocycles. The van der Waals surface area contributed by atoms with Crippen LogP contribution in [0, 0.1) is 26.1 Å². The molecule has 0 unspecified atom stereocenters. The van der Waals surface area contributed by atoms with Crippen LogP contribution in [0.15, 0.2) is 22.2 Å². The van der Waals surface area contributed by atoms with Crippen molar-refractivity contribution in [2.75, 3.05) is 0 Å². The largest absolute Gasteiger partial charge is 0.433 e. The fourth-order valence-corrected chi connectivity index (χ4v) is 1.09. The van der Waals surface area contributed by atoms with E-state index < -0.39 is 15.7 Å². The number of furan rings is 1. The van der Waals surface area contributed by atoms with Crippen LogP contribution in [0.4, 0.5) is 5.88 Å². The number of allylic oxidation sites excluding steroid dienone is 1. The van der Waals surface area contributed by atoms with Crippen LogP contribution >= 0.6 is 0 Å². The Morgan fingerprint density at radius 3 is 2.38 bits per heavy atom. The lowest BCUT2D eigenvalue weighted by atomic mass is 10.1. The standard InChI is InChI=1S/C9H10N2O5/c1-6(2)8(10(12)13)5-7-3-4-9(16-7)11(14)15/h3-6H,1-2H3/b8-5-. The van der Waals surface area contributed by atoms with Crippen molar-refractivity contribution in [1.82, 2.24) is 0 Å². The average molecular weight is 226 g/mol. The zero-order valence-electron chi connectivity index (χ0n) is 8.75. The van der Waals surface area contributed by atoms with Crippen molar-refractivity contribution >= 4 is 12.0 Å². The van der Waals surface area contributed by atoms with Crippen LogP contribution < -0.4 is 0 Å². The molecule has 1 aromatic rings. The van der Waals surface area contributed by atoms with E-state index >= 15 is 0 Å². The molecule has 0 fully saturated rings. The first-order valence-electron chi connectivity index (χ1n) is 4.52. The van der Waals surface area contributed by atoms with Gasteiger partial charge in [-0.25, -0.2) is 0 Å². The number of rotatable bonds is 4. The first-order chi connectivity index (χ1) is 7.41. The SMILES string of the molecule is CC(C)/C(=C/c1ccc([N+](=O)[O-])o1)[N+](=O)[O-]. The third-order valence-electron chi connectivity index (χ3n) is 1.89. The van der Waals surface area contributed by atoms with Gasteiger partial charge in [0.05, 0.1) is 17.1 Å². The van der Waals surface area contributed by atoms with E-state index in [1.165, 1.54) is 12.1 Å². The Kier molecular flexibility index (Phi) is 3.39. The molecule has 86 valence electrons. The van der Waals surface area contributed by atoms with Crippen molar-refractivity contribution < 1.29 is 14.3 Å². The summed E-state index contributed by atoms with van der Waals surface area (Å²) in [5.74, 6) is -0.621. The molecule has 16 heavy (non-hydrogen) atoms. The van der Waals surface area contributed by atoms with Crippen LogP contribution in [-0.4, -0.2) is 9.85 Å². The van der Waals surface area contributed by atoms with Crippen LogP contribution in [0.2, 0.25) is 0 Å². The van der Waals surface area contributed by atoms with Gasteiger partial charge < -0.3 is 4.42 Å². The van der Waals surface area contributed by atoms with Gasteiger partial charge in [0.2, 0.25) is 0 Å².